The van der Waals surface area contributed by atoms with E-state index in [-0.39, 0.29) is 30.4 Å². The molecule has 1 aliphatic heterocycles. The fourth-order valence-corrected chi connectivity index (χ4v) is 1.85. The predicted molar refractivity (Wildman–Crippen MR) is 49.2 cm³/mol. The lowest BCUT2D eigenvalue weighted by atomic mass is 10.4. The molecule has 1 atom stereocenters. The molecule has 0 spiro atoms. The van der Waals surface area contributed by atoms with Gasteiger partial charge in [-0.3, -0.25) is 14.4 Å². The molecule has 3 N–H and O–H groups in total. The maximum atomic E-state index is 11.1. The Morgan fingerprint density at radius 3 is 2.43 bits per heavy atom. The minimum atomic E-state index is -1.14. The quantitative estimate of drug-likeness (QED) is 0.473. The van der Waals surface area contributed by atoms with E-state index in [9.17, 15) is 14.4 Å². The first-order valence-corrected chi connectivity index (χ1v) is 4.93. The zero-order chi connectivity index (χ0) is 10.7. The molecule has 7 heteroatoms. The molecule has 0 unspecified atom stereocenters. The standard InChI is InChI=1S/C7H10N2O4S/c8-4(7(12)13)3-14-9-5(10)1-2-6(9)11/h4H,1-3,8H2,(H,12,13)/t4-/m0/s1. The molecule has 2 amide bonds. The van der Waals surface area contributed by atoms with Crippen molar-refractivity contribution in [3.63, 3.8) is 0 Å². The largest absolute Gasteiger partial charge is 0.480 e. The van der Waals surface area contributed by atoms with E-state index in [1.807, 2.05) is 0 Å². The predicted octanol–water partition coefficient (Wildman–Crippen LogP) is -0.805. The Balaban J connectivity index is 2.41. The van der Waals surface area contributed by atoms with Gasteiger partial charge in [0, 0.05) is 18.6 Å². The summed E-state index contributed by atoms with van der Waals surface area (Å²) in [4.78, 5) is 32.5. The van der Waals surface area contributed by atoms with Crippen LogP contribution in [-0.4, -0.2) is 39.0 Å². The number of imide groups is 1. The van der Waals surface area contributed by atoms with E-state index < -0.39 is 12.0 Å². The zero-order valence-electron chi connectivity index (χ0n) is 7.30. The normalized spacial score (nSPS) is 18.8. The van der Waals surface area contributed by atoms with E-state index in [0.29, 0.717) is 0 Å². The summed E-state index contributed by atoms with van der Waals surface area (Å²) in [6, 6.07) is -1.05. The van der Waals surface area contributed by atoms with Gasteiger partial charge in [-0.05, 0) is 11.9 Å². The van der Waals surface area contributed by atoms with Crippen LogP contribution in [0.5, 0.6) is 0 Å². The van der Waals surface area contributed by atoms with Gasteiger partial charge in [-0.1, -0.05) is 0 Å². The molecule has 1 heterocycles. The number of carboxylic acid groups (broad SMARTS) is 1. The highest BCUT2D eigenvalue weighted by molar-refractivity contribution is 7.98. The number of rotatable bonds is 4. The van der Waals surface area contributed by atoms with Crippen molar-refractivity contribution in [2.45, 2.75) is 18.9 Å². The third kappa shape index (κ3) is 2.46. The molecule has 0 aromatic rings. The Morgan fingerprint density at radius 2 is 2.00 bits per heavy atom. The Hall–Kier alpha value is -1.08. The van der Waals surface area contributed by atoms with Gasteiger partial charge in [0.25, 0.3) is 0 Å². The minimum absolute atomic E-state index is 0.0206. The van der Waals surface area contributed by atoms with Gasteiger partial charge in [0.2, 0.25) is 11.8 Å². The van der Waals surface area contributed by atoms with E-state index in [1.165, 1.54) is 0 Å². The third-order valence-electron chi connectivity index (χ3n) is 1.71. The second-order valence-corrected chi connectivity index (χ2v) is 3.78. The van der Waals surface area contributed by atoms with E-state index in [2.05, 4.69) is 0 Å². The van der Waals surface area contributed by atoms with Crippen LogP contribution in [0, 0.1) is 0 Å². The van der Waals surface area contributed by atoms with Crippen LogP contribution in [0.4, 0.5) is 0 Å². The number of hydrogen-bond donors (Lipinski definition) is 2. The number of carbonyl (C=O) groups is 3. The molecule has 6 nitrogen and oxygen atoms in total. The Kier molecular flexibility index (Phi) is 3.48. The molecule has 0 saturated carbocycles. The molecule has 0 radical (unpaired) electrons. The van der Waals surface area contributed by atoms with Crippen molar-refractivity contribution in [2.24, 2.45) is 5.73 Å². The SMILES string of the molecule is N[C@@H](CSN1C(=O)CCC1=O)C(=O)O. The van der Waals surface area contributed by atoms with Gasteiger partial charge in [0.1, 0.15) is 6.04 Å². The van der Waals surface area contributed by atoms with Crippen molar-refractivity contribution in [3.05, 3.63) is 0 Å². The fourth-order valence-electron chi connectivity index (χ4n) is 0.926. The monoisotopic (exact) mass is 218 g/mol. The third-order valence-corrected chi connectivity index (χ3v) is 2.88. The van der Waals surface area contributed by atoms with E-state index >= 15 is 0 Å². The van der Waals surface area contributed by atoms with Crippen molar-refractivity contribution in [1.29, 1.82) is 0 Å². The smallest absolute Gasteiger partial charge is 0.321 e. The van der Waals surface area contributed by atoms with Gasteiger partial charge in [-0.15, -0.1) is 0 Å². The van der Waals surface area contributed by atoms with E-state index in [1.54, 1.807) is 0 Å². The summed E-state index contributed by atoms with van der Waals surface area (Å²) >= 11 is 0.865. The lowest BCUT2D eigenvalue weighted by Crippen LogP contribution is -2.35. The highest BCUT2D eigenvalue weighted by Crippen LogP contribution is 2.21. The summed E-state index contributed by atoms with van der Waals surface area (Å²) in [6.07, 6.45) is 0.405. The van der Waals surface area contributed by atoms with Crippen molar-refractivity contribution in [1.82, 2.24) is 4.31 Å². The number of hydrogen-bond acceptors (Lipinski definition) is 5. The number of nitrogens with two attached hydrogens (primary N) is 1. The fraction of sp³-hybridized carbons (Fsp3) is 0.571. The average molecular weight is 218 g/mol. The van der Waals surface area contributed by atoms with Crippen molar-refractivity contribution < 1.29 is 19.5 Å². The highest BCUT2D eigenvalue weighted by Gasteiger charge is 2.30. The second-order valence-electron chi connectivity index (χ2n) is 2.82. The summed E-state index contributed by atoms with van der Waals surface area (Å²) < 4.78 is 0.989. The lowest BCUT2D eigenvalue weighted by Gasteiger charge is -2.13. The summed E-state index contributed by atoms with van der Waals surface area (Å²) in [6.45, 7) is 0. The molecule has 0 aromatic carbocycles. The van der Waals surface area contributed by atoms with Crippen LogP contribution < -0.4 is 5.73 Å². The second kappa shape index (κ2) is 4.43. The number of carbonyl (C=O) groups excluding carboxylic acids is 2. The maximum Gasteiger partial charge on any atom is 0.321 e. The number of aliphatic carboxylic acids is 1. The van der Waals surface area contributed by atoms with Crippen LogP contribution in [0.2, 0.25) is 0 Å². The number of nitrogens with zero attached hydrogens (tertiary/aromatic N) is 1. The molecule has 0 aromatic heterocycles. The van der Waals surface area contributed by atoms with Gasteiger partial charge in [0.05, 0.1) is 0 Å². The Labute approximate surface area is 84.6 Å². The minimum Gasteiger partial charge on any atom is -0.480 e. The highest BCUT2D eigenvalue weighted by atomic mass is 32.2. The van der Waals surface area contributed by atoms with Crippen LogP contribution in [-0.2, 0) is 14.4 Å². The van der Waals surface area contributed by atoms with Gasteiger partial charge < -0.3 is 10.8 Å². The molecule has 1 rings (SSSR count). The van der Waals surface area contributed by atoms with Crippen LogP contribution in [0.15, 0.2) is 0 Å². The van der Waals surface area contributed by atoms with Crippen LogP contribution in [0.3, 0.4) is 0 Å². The molecular formula is C7H10N2O4S. The molecule has 0 aliphatic carbocycles. The molecule has 1 saturated heterocycles. The van der Waals surface area contributed by atoms with E-state index in [0.717, 1.165) is 16.3 Å². The Morgan fingerprint density at radius 1 is 1.50 bits per heavy atom. The first-order valence-electron chi connectivity index (χ1n) is 3.99. The summed E-state index contributed by atoms with van der Waals surface area (Å²) in [7, 11) is 0. The van der Waals surface area contributed by atoms with E-state index in [4.69, 9.17) is 10.8 Å². The summed E-state index contributed by atoms with van der Waals surface area (Å²) in [5.74, 6) is -1.68. The average Bonchev–Trinajstić information content (AvgIpc) is 2.43. The van der Waals surface area contributed by atoms with Crippen LogP contribution in [0.25, 0.3) is 0 Å². The van der Waals surface area contributed by atoms with Crippen molar-refractivity contribution >= 4 is 29.7 Å². The first-order chi connectivity index (χ1) is 6.52. The van der Waals surface area contributed by atoms with Crippen molar-refractivity contribution in [3.8, 4) is 0 Å². The number of amides is 2. The van der Waals surface area contributed by atoms with Crippen LogP contribution in [0.1, 0.15) is 12.8 Å². The molecule has 14 heavy (non-hydrogen) atoms. The Bertz CT molecular complexity index is 265. The van der Waals surface area contributed by atoms with Gasteiger partial charge >= 0.3 is 5.97 Å². The number of carboxylic acids is 1. The lowest BCUT2D eigenvalue weighted by molar-refractivity contribution is -0.138. The molecule has 1 fully saturated rings. The molecule has 78 valence electrons. The van der Waals surface area contributed by atoms with Crippen LogP contribution >= 0.6 is 11.9 Å². The first kappa shape index (κ1) is 11.0. The van der Waals surface area contributed by atoms with Gasteiger partial charge in [-0.2, -0.15) is 0 Å². The summed E-state index contributed by atoms with van der Waals surface area (Å²) in [5.41, 5.74) is 5.22. The molecule has 1 aliphatic rings. The topological polar surface area (TPSA) is 101 Å². The molecular weight excluding hydrogens is 208 g/mol. The van der Waals surface area contributed by atoms with Crippen molar-refractivity contribution in [2.75, 3.05) is 5.75 Å². The summed E-state index contributed by atoms with van der Waals surface area (Å²) in [5, 5.41) is 8.46. The molecule has 0 bridgehead atoms. The zero-order valence-corrected chi connectivity index (χ0v) is 8.12. The van der Waals surface area contributed by atoms with Gasteiger partial charge in [-0.25, -0.2) is 4.31 Å². The van der Waals surface area contributed by atoms with Gasteiger partial charge in [0.15, 0.2) is 0 Å². The maximum absolute atomic E-state index is 11.1.